The zero-order valence-corrected chi connectivity index (χ0v) is 17.6. The van der Waals surface area contributed by atoms with Crippen molar-refractivity contribution in [3.8, 4) is 11.8 Å². The molecule has 0 bridgehead atoms. The minimum Gasteiger partial charge on any atom is -0.507 e. The molecule has 2 unspecified atom stereocenters. The summed E-state index contributed by atoms with van der Waals surface area (Å²) in [5.41, 5.74) is 9.44. The maximum absolute atomic E-state index is 14.6. The Balaban J connectivity index is 2.36. The molecule has 1 aliphatic heterocycles. The first-order chi connectivity index (χ1) is 13.1. The topological polar surface area (TPSA) is 73.3 Å². The predicted octanol–water partition coefficient (Wildman–Crippen LogP) is 5.24. The highest BCUT2D eigenvalue weighted by molar-refractivity contribution is 5.75. The molecule has 152 valence electrons. The van der Waals surface area contributed by atoms with Crippen molar-refractivity contribution in [2.45, 2.75) is 72.0 Å². The van der Waals surface area contributed by atoms with Gasteiger partial charge in [-0.25, -0.2) is 4.39 Å². The Bertz CT molecular complexity index is 833. The molecule has 1 aromatic rings. The molecule has 1 heterocycles. The molecule has 1 aliphatic rings. The molecule has 1 aromatic carbocycles. The van der Waals surface area contributed by atoms with Crippen LogP contribution in [0.2, 0.25) is 0 Å². The molecule has 28 heavy (non-hydrogen) atoms. The Morgan fingerprint density at radius 1 is 1.36 bits per heavy atom. The van der Waals surface area contributed by atoms with Gasteiger partial charge in [-0.2, -0.15) is 5.26 Å². The van der Waals surface area contributed by atoms with Gasteiger partial charge in [0, 0.05) is 24.6 Å². The molecule has 2 rings (SSSR count). The second-order valence-electron chi connectivity index (χ2n) is 7.93. The van der Waals surface area contributed by atoms with E-state index in [0.29, 0.717) is 29.8 Å². The zero-order chi connectivity index (χ0) is 21.1. The number of phenols is 1. The van der Waals surface area contributed by atoms with Crippen LogP contribution in [0.25, 0.3) is 5.57 Å². The SMILES string of the molecule is CCC(CC(C)(F)CC)N1CCC(/C(C)=C(\C)c2ccc(C#N)cc2O)=C1N. The van der Waals surface area contributed by atoms with Gasteiger partial charge < -0.3 is 15.7 Å². The monoisotopic (exact) mass is 385 g/mol. The van der Waals surface area contributed by atoms with Crippen LogP contribution < -0.4 is 5.73 Å². The predicted molar refractivity (Wildman–Crippen MR) is 112 cm³/mol. The Hall–Kier alpha value is -2.48. The molecule has 0 aromatic heterocycles. The summed E-state index contributed by atoms with van der Waals surface area (Å²) in [6.45, 7) is 10.3. The summed E-state index contributed by atoms with van der Waals surface area (Å²) in [5.74, 6) is 0.802. The Morgan fingerprint density at radius 2 is 2.04 bits per heavy atom. The Labute approximate surface area is 168 Å². The van der Waals surface area contributed by atoms with Crippen LogP contribution in [0.5, 0.6) is 5.75 Å². The smallest absolute Gasteiger partial charge is 0.124 e. The minimum atomic E-state index is -1.20. The molecule has 0 aliphatic carbocycles. The van der Waals surface area contributed by atoms with Crippen LogP contribution in [0.1, 0.15) is 71.4 Å². The largest absolute Gasteiger partial charge is 0.507 e. The van der Waals surface area contributed by atoms with Gasteiger partial charge in [-0.1, -0.05) is 13.8 Å². The first-order valence-corrected chi connectivity index (χ1v) is 10.0. The highest BCUT2D eigenvalue weighted by Crippen LogP contribution is 2.36. The lowest BCUT2D eigenvalue weighted by molar-refractivity contribution is 0.112. The van der Waals surface area contributed by atoms with Gasteiger partial charge in [0.1, 0.15) is 17.2 Å². The third-order valence-electron chi connectivity index (χ3n) is 6.08. The van der Waals surface area contributed by atoms with Crippen LogP contribution in [-0.2, 0) is 0 Å². The Kier molecular flexibility index (Phi) is 6.77. The summed E-state index contributed by atoms with van der Waals surface area (Å²) in [6, 6.07) is 7.04. The second-order valence-corrected chi connectivity index (χ2v) is 7.93. The summed E-state index contributed by atoms with van der Waals surface area (Å²) in [5, 5.41) is 19.3. The molecule has 5 heteroatoms. The van der Waals surface area contributed by atoms with E-state index >= 15 is 0 Å². The summed E-state index contributed by atoms with van der Waals surface area (Å²) in [4.78, 5) is 2.14. The molecule has 0 fully saturated rings. The van der Waals surface area contributed by atoms with E-state index in [1.165, 1.54) is 6.07 Å². The number of hydrogen-bond acceptors (Lipinski definition) is 4. The van der Waals surface area contributed by atoms with Crippen LogP contribution in [0.15, 0.2) is 35.2 Å². The van der Waals surface area contributed by atoms with Crippen molar-refractivity contribution < 1.29 is 9.50 Å². The van der Waals surface area contributed by atoms with E-state index in [-0.39, 0.29) is 11.8 Å². The number of rotatable bonds is 7. The van der Waals surface area contributed by atoms with E-state index in [4.69, 9.17) is 11.0 Å². The summed E-state index contributed by atoms with van der Waals surface area (Å²) < 4.78 is 14.6. The van der Waals surface area contributed by atoms with Crippen molar-refractivity contribution in [2.75, 3.05) is 6.54 Å². The lowest BCUT2D eigenvalue weighted by atomic mass is 9.93. The number of phenolic OH excluding ortho intramolecular Hbond substituents is 1. The molecule has 0 radical (unpaired) electrons. The highest BCUT2D eigenvalue weighted by Gasteiger charge is 2.32. The van der Waals surface area contributed by atoms with Crippen molar-refractivity contribution in [3.63, 3.8) is 0 Å². The summed E-state index contributed by atoms with van der Waals surface area (Å²) in [6.07, 6.45) is 2.60. The van der Waals surface area contributed by atoms with Crippen LogP contribution in [-0.4, -0.2) is 28.3 Å². The van der Waals surface area contributed by atoms with E-state index in [2.05, 4.69) is 11.8 Å². The molecule has 0 saturated heterocycles. The third kappa shape index (κ3) is 4.49. The summed E-state index contributed by atoms with van der Waals surface area (Å²) in [7, 11) is 0. The van der Waals surface area contributed by atoms with Gasteiger partial charge in [-0.05, 0) is 75.0 Å². The van der Waals surface area contributed by atoms with E-state index in [9.17, 15) is 9.50 Å². The minimum absolute atomic E-state index is 0.0730. The van der Waals surface area contributed by atoms with Gasteiger partial charge in [0.15, 0.2) is 0 Å². The molecule has 0 amide bonds. The highest BCUT2D eigenvalue weighted by atomic mass is 19.1. The van der Waals surface area contributed by atoms with Crippen molar-refractivity contribution in [3.05, 3.63) is 46.3 Å². The van der Waals surface area contributed by atoms with Gasteiger partial charge in [0.2, 0.25) is 0 Å². The Morgan fingerprint density at radius 3 is 2.57 bits per heavy atom. The van der Waals surface area contributed by atoms with Crippen LogP contribution in [0, 0.1) is 11.3 Å². The van der Waals surface area contributed by atoms with Gasteiger partial charge in [0.05, 0.1) is 11.6 Å². The molecule has 2 atom stereocenters. The maximum atomic E-state index is 14.6. The van der Waals surface area contributed by atoms with Gasteiger partial charge in [-0.3, -0.25) is 0 Å². The van der Waals surface area contributed by atoms with E-state index in [1.54, 1.807) is 19.1 Å². The van der Waals surface area contributed by atoms with E-state index in [0.717, 1.165) is 36.1 Å². The van der Waals surface area contributed by atoms with Crippen molar-refractivity contribution >= 4 is 5.57 Å². The fourth-order valence-electron chi connectivity index (χ4n) is 3.87. The lowest BCUT2D eigenvalue weighted by Crippen LogP contribution is -2.39. The number of nitriles is 1. The van der Waals surface area contributed by atoms with Gasteiger partial charge >= 0.3 is 0 Å². The number of benzene rings is 1. The maximum Gasteiger partial charge on any atom is 0.124 e. The summed E-state index contributed by atoms with van der Waals surface area (Å²) >= 11 is 0. The number of hydrogen-bond donors (Lipinski definition) is 2. The first kappa shape index (κ1) is 21.8. The van der Waals surface area contributed by atoms with E-state index < -0.39 is 5.67 Å². The van der Waals surface area contributed by atoms with Crippen LogP contribution in [0.3, 0.4) is 0 Å². The fraction of sp³-hybridized carbons (Fsp3) is 0.522. The number of aromatic hydroxyl groups is 1. The van der Waals surface area contributed by atoms with Crippen molar-refractivity contribution in [2.24, 2.45) is 5.73 Å². The zero-order valence-electron chi connectivity index (χ0n) is 17.6. The van der Waals surface area contributed by atoms with E-state index in [1.807, 2.05) is 26.8 Å². The number of alkyl halides is 1. The number of nitrogens with two attached hydrogens (primary N) is 1. The molecular formula is C23H32FN3O. The average molecular weight is 386 g/mol. The fourth-order valence-corrected chi connectivity index (χ4v) is 3.87. The van der Waals surface area contributed by atoms with Crippen molar-refractivity contribution in [1.82, 2.24) is 4.90 Å². The molecular weight excluding hydrogens is 353 g/mol. The van der Waals surface area contributed by atoms with Crippen LogP contribution >= 0.6 is 0 Å². The van der Waals surface area contributed by atoms with Gasteiger partial charge in [0.25, 0.3) is 0 Å². The molecule has 0 saturated carbocycles. The first-order valence-electron chi connectivity index (χ1n) is 10.0. The van der Waals surface area contributed by atoms with Crippen molar-refractivity contribution in [1.29, 1.82) is 5.26 Å². The lowest BCUT2D eigenvalue weighted by Gasteiger charge is -2.34. The number of halogens is 1. The normalized spacial score (nSPS) is 18.5. The standard InChI is InChI=1S/C23H32FN3O/c1-6-18(13-23(5,24)7-2)27-11-10-20(22(27)26)16(4)15(3)19-9-8-17(14-25)12-21(19)28/h8-9,12,18,28H,6-7,10-11,13,26H2,1-5H3/b16-15+. The molecule has 4 nitrogen and oxygen atoms in total. The average Bonchev–Trinajstić information content (AvgIpc) is 3.06. The number of nitrogens with zero attached hydrogens (tertiary/aromatic N) is 2. The molecule has 3 N–H and O–H groups in total. The second kappa shape index (κ2) is 8.68. The third-order valence-corrected chi connectivity index (χ3v) is 6.08. The van der Waals surface area contributed by atoms with Crippen LogP contribution in [0.4, 0.5) is 4.39 Å². The van der Waals surface area contributed by atoms with Gasteiger partial charge in [-0.15, -0.1) is 0 Å². The quantitative estimate of drug-likeness (QED) is 0.673. The molecule has 0 spiro atoms. The number of allylic oxidation sites excluding steroid dienone is 2.